The number of benzene rings is 1. The Labute approximate surface area is 104 Å². The fourth-order valence-electron chi connectivity index (χ4n) is 2.95. The molecule has 0 bridgehead atoms. The van der Waals surface area contributed by atoms with Gasteiger partial charge in [-0.1, -0.05) is 36.8 Å². The summed E-state index contributed by atoms with van der Waals surface area (Å²) < 4.78 is 5.44. The molecule has 2 atom stereocenters. The van der Waals surface area contributed by atoms with Gasteiger partial charge in [-0.15, -0.1) is 0 Å². The monoisotopic (exact) mass is 233 g/mol. The molecule has 0 spiro atoms. The van der Waals surface area contributed by atoms with Gasteiger partial charge in [-0.05, 0) is 25.5 Å². The van der Waals surface area contributed by atoms with Gasteiger partial charge in [0.25, 0.3) is 0 Å². The van der Waals surface area contributed by atoms with E-state index in [9.17, 15) is 0 Å². The number of piperidine rings is 1. The Kier molecular flexibility index (Phi) is 3.85. The first-order valence-electron chi connectivity index (χ1n) is 6.42. The van der Waals surface area contributed by atoms with Crippen LogP contribution in [0.3, 0.4) is 0 Å². The maximum absolute atomic E-state index is 5.44. The van der Waals surface area contributed by atoms with Crippen molar-refractivity contribution in [1.82, 2.24) is 5.32 Å². The Morgan fingerprint density at radius 2 is 2.29 bits per heavy atom. The van der Waals surface area contributed by atoms with Crippen LogP contribution in [0.2, 0.25) is 0 Å². The number of methoxy groups -OCH3 is 1. The topological polar surface area (TPSA) is 21.3 Å². The lowest BCUT2D eigenvalue weighted by Crippen LogP contribution is -2.44. The molecule has 2 heteroatoms. The van der Waals surface area contributed by atoms with E-state index in [0.29, 0.717) is 5.92 Å². The summed E-state index contributed by atoms with van der Waals surface area (Å²) in [5.41, 5.74) is 3.04. The molecule has 1 aliphatic heterocycles. The Bertz CT molecular complexity index is 373. The maximum atomic E-state index is 5.44. The lowest BCUT2D eigenvalue weighted by molar-refractivity contribution is 0.0509. The second-order valence-electron chi connectivity index (χ2n) is 5.51. The third kappa shape index (κ3) is 2.70. The minimum atomic E-state index is 0.258. The summed E-state index contributed by atoms with van der Waals surface area (Å²) in [6.07, 6.45) is 1.18. The Balaban J connectivity index is 2.27. The van der Waals surface area contributed by atoms with Crippen LogP contribution in [0, 0.1) is 12.3 Å². The number of hydrogen-bond acceptors (Lipinski definition) is 2. The van der Waals surface area contributed by atoms with Crippen molar-refractivity contribution in [3.8, 4) is 0 Å². The molecule has 1 saturated heterocycles. The highest BCUT2D eigenvalue weighted by Crippen LogP contribution is 2.40. The highest BCUT2D eigenvalue weighted by Gasteiger charge is 2.37. The van der Waals surface area contributed by atoms with Crippen molar-refractivity contribution in [2.75, 3.05) is 26.8 Å². The third-order valence-corrected chi connectivity index (χ3v) is 3.98. The maximum Gasteiger partial charge on any atom is 0.0522 e. The molecule has 17 heavy (non-hydrogen) atoms. The molecule has 1 heterocycles. The van der Waals surface area contributed by atoms with Gasteiger partial charge in [-0.2, -0.15) is 0 Å². The van der Waals surface area contributed by atoms with Crippen LogP contribution in [0.1, 0.15) is 30.4 Å². The normalized spacial score (nSPS) is 29.2. The van der Waals surface area contributed by atoms with Crippen molar-refractivity contribution < 1.29 is 4.74 Å². The lowest BCUT2D eigenvalue weighted by atomic mass is 9.69. The smallest absolute Gasteiger partial charge is 0.0522 e. The van der Waals surface area contributed by atoms with Gasteiger partial charge >= 0.3 is 0 Å². The Morgan fingerprint density at radius 3 is 3.00 bits per heavy atom. The molecule has 0 aliphatic carbocycles. The van der Waals surface area contributed by atoms with Crippen LogP contribution >= 0.6 is 0 Å². The summed E-state index contributed by atoms with van der Waals surface area (Å²) in [5, 5.41) is 3.51. The molecule has 2 unspecified atom stereocenters. The van der Waals surface area contributed by atoms with Crippen LogP contribution in [0.15, 0.2) is 24.3 Å². The van der Waals surface area contributed by atoms with Crippen molar-refractivity contribution in [3.63, 3.8) is 0 Å². The molecule has 0 radical (unpaired) electrons. The highest BCUT2D eigenvalue weighted by atomic mass is 16.5. The minimum absolute atomic E-state index is 0.258. The van der Waals surface area contributed by atoms with E-state index in [0.717, 1.165) is 19.7 Å². The van der Waals surface area contributed by atoms with Gasteiger partial charge in [0.1, 0.15) is 0 Å². The van der Waals surface area contributed by atoms with Gasteiger partial charge < -0.3 is 10.1 Å². The number of rotatable bonds is 3. The fourth-order valence-corrected chi connectivity index (χ4v) is 2.95. The van der Waals surface area contributed by atoms with E-state index in [-0.39, 0.29) is 5.41 Å². The van der Waals surface area contributed by atoms with E-state index in [2.05, 4.69) is 43.4 Å². The zero-order chi connectivity index (χ0) is 12.3. The van der Waals surface area contributed by atoms with Gasteiger partial charge in [0, 0.05) is 25.0 Å². The summed E-state index contributed by atoms with van der Waals surface area (Å²) in [7, 11) is 1.81. The van der Waals surface area contributed by atoms with Gasteiger partial charge in [0.15, 0.2) is 0 Å². The first kappa shape index (κ1) is 12.6. The van der Waals surface area contributed by atoms with E-state index in [1.54, 1.807) is 7.11 Å². The quantitative estimate of drug-likeness (QED) is 0.866. The van der Waals surface area contributed by atoms with Crippen LogP contribution in [-0.4, -0.2) is 26.8 Å². The highest BCUT2D eigenvalue weighted by molar-refractivity contribution is 5.28. The Morgan fingerprint density at radius 1 is 1.47 bits per heavy atom. The molecule has 1 aromatic carbocycles. The molecule has 1 aliphatic rings. The molecular formula is C15H23NO. The van der Waals surface area contributed by atoms with Gasteiger partial charge in [0.2, 0.25) is 0 Å². The van der Waals surface area contributed by atoms with E-state index >= 15 is 0 Å². The standard InChI is InChI=1S/C15H23NO/c1-12-5-4-6-13(9-12)14-10-16-8-7-15(14,2)11-17-3/h4-6,9,14,16H,7-8,10-11H2,1-3H3. The molecule has 1 aromatic rings. The van der Waals surface area contributed by atoms with Crippen LogP contribution in [-0.2, 0) is 4.74 Å². The van der Waals surface area contributed by atoms with Gasteiger partial charge in [0.05, 0.1) is 6.61 Å². The number of aryl methyl sites for hydroxylation is 1. The van der Waals surface area contributed by atoms with Gasteiger partial charge in [-0.25, -0.2) is 0 Å². The van der Waals surface area contributed by atoms with Crippen LogP contribution in [0.5, 0.6) is 0 Å². The molecule has 0 aromatic heterocycles. The lowest BCUT2D eigenvalue weighted by Gasteiger charge is -2.41. The third-order valence-electron chi connectivity index (χ3n) is 3.98. The first-order valence-corrected chi connectivity index (χ1v) is 6.42. The van der Waals surface area contributed by atoms with E-state index in [1.807, 2.05) is 0 Å². The largest absolute Gasteiger partial charge is 0.384 e. The van der Waals surface area contributed by atoms with Crippen molar-refractivity contribution >= 4 is 0 Å². The SMILES string of the molecule is COCC1(C)CCNCC1c1cccc(C)c1. The van der Waals surface area contributed by atoms with Crippen molar-refractivity contribution in [3.05, 3.63) is 35.4 Å². The number of ether oxygens (including phenoxy) is 1. The van der Waals surface area contributed by atoms with Crippen molar-refractivity contribution in [2.24, 2.45) is 5.41 Å². The predicted octanol–water partition coefficient (Wildman–Crippen LogP) is 2.72. The van der Waals surface area contributed by atoms with Gasteiger partial charge in [-0.3, -0.25) is 0 Å². The van der Waals surface area contributed by atoms with E-state index in [1.165, 1.54) is 17.5 Å². The molecule has 1 N–H and O–H groups in total. The second-order valence-corrected chi connectivity index (χ2v) is 5.51. The second kappa shape index (κ2) is 5.19. The van der Waals surface area contributed by atoms with Crippen LogP contribution in [0.4, 0.5) is 0 Å². The molecular weight excluding hydrogens is 210 g/mol. The molecule has 1 fully saturated rings. The Hall–Kier alpha value is -0.860. The average Bonchev–Trinajstić information content (AvgIpc) is 2.29. The number of nitrogens with one attached hydrogen (secondary N) is 1. The fraction of sp³-hybridized carbons (Fsp3) is 0.600. The van der Waals surface area contributed by atoms with Crippen molar-refractivity contribution in [1.29, 1.82) is 0 Å². The number of hydrogen-bond donors (Lipinski definition) is 1. The molecule has 0 amide bonds. The van der Waals surface area contributed by atoms with Crippen LogP contribution in [0.25, 0.3) is 0 Å². The molecule has 2 nitrogen and oxygen atoms in total. The predicted molar refractivity (Wildman–Crippen MR) is 71.4 cm³/mol. The van der Waals surface area contributed by atoms with E-state index < -0.39 is 0 Å². The zero-order valence-corrected chi connectivity index (χ0v) is 11.1. The van der Waals surface area contributed by atoms with Crippen molar-refractivity contribution in [2.45, 2.75) is 26.2 Å². The summed E-state index contributed by atoms with van der Waals surface area (Å²) in [5.74, 6) is 0.552. The first-order chi connectivity index (χ1) is 8.15. The minimum Gasteiger partial charge on any atom is -0.384 e. The average molecular weight is 233 g/mol. The molecule has 2 rings (SSSR count). The molecule has 0 saturated carbocycles. The zero-order valence-electron chi connectivity index (χ0n) is 11.1. The van der Waals surface area contributed by atoms with E-state index in [4.69, 9.17) is 4.74 Å². The summed E-state index contributed by atoms with van der Waals surface area (Å²) >= 11 is 0. The van der Waals surface area contributed by atoms with Crippen LogP contribution < -0.4 is 5.32 Å². The molecule has 94 valence electrons. The summed E-state index contributed by atoms with van der Waals surface area (Å²) in [6, 6.07) is 8.88. The summed E-state index contributed by atoms with van der Waals surface area (Å²) in [6.45, 7) is 7.51. The summed E-state index contributed by atoms with van der Waals surface area (Å²) in [4.78, 5) is 0.